The van der Waals surface area contributed by atoms with Crippen molar-refractivity contribution in [3.63, 3.8) is 0 Å². The van der Waals surface area contributed by atoms with Crippen molar-refractivity contribution in [3.05, 3.63) is 34.2 Å². The van der Waals surface area contributed by atoms with Crippen molar-refractivity contribution in [2.24, 2.45) is 12.5 Å². The molecule has 0 aliphatic heterocycles. The zero-order chi connectivity index (χ0) is 14.5. The fraction of sp³-hybridized carbons (Fsp3) is 0.571. The highest BCUT2D eigenvalue weighted by Crippen LogP contribution is 2.24. The number of carbonyl (C=O) groups is 1. The van der Waals surface area contributed by atoms with Crippen LogP contribution in [0.4, 0.5) is 0 Å². The van der Waals surface area contributed by atoms with Gasteiger partial charge in [-0.3, -0.25) is 9.59 Å². The van der Waals surface area contributed by atoms with Crippen molar-refractivity contribution < 1.29 is 9.90 Å². The summed E-state index contributed by atoms with van der Waals surface area (Å²) in [5.74, 6) is -0.227. The molecule has 19 heavy (non-hydrogen) atoms. The summed E-state index contributed by atoms with van der Waals surface area (Å²) in [7, 11) is 1.61. The minimum Gasteiger partial charge on any atom is -0.396 e. The van der Waals surface area contributed by atoms with Crippen molar-refractivity contribution >= 4 is 5.91 Å². The van der Waals surface area contributed by atoms with Crippen LogP contribution in [0.2, 0.25) is 0 Å². The molecule has 0 saturated heterocycles. The third-order valence-electron chi connectivity index (χ3n) is 3.81. The number of nitrogens with zero attached hydrogens (tertiary/aromatic N) is 1. The molecule has 0 unspecified atom stereocenters. The van der Waals surface area contributed by atoms with Gasteiger partial charge in [-0.05, 0) is 18.9 Å². The number of aryl methyl sites for hydroxylation is 1. The van der Waals surface area contributed by atoms with Gasteiger partial charge in [0.1, 0.15) is 0 Å². The third-order valence-corrected chi connectivity index (χ3v) is 3.81. The highest BCUT2D eigenvalue weighted by atomic mass is 16.3. The zero-order valence-electron chi connectivity index (χ0n) is 11.8. The van der Waals surface area contributed by atoms with E-state index in [1.54, 1.807) is 7.05 Å². The Morgan fingerprint density at radius 1 is 1.37 bits per heavy atom. The largest absolute Gasteiger partial charge is 0.396 e. The molecule has 0 radical (unpaired) electrons. The molecular formula is C14H22N2O3. The highest BCUT2D eigenvalue weighted by Gasteiger charge is 2.25. The van der Waals surface area contributed by atoms with Crippen LogP contribution in [0.3, 0.4) is 0 Å². The molecule has 5 heteroatoms. The molecule has 0 aliphatic rings. The lowest BCUT2D eigenvalue weighted by Crippen LogP contribution is -2.39. The van der Waals surface area contributed by atoms with Gasteiger partial charge in [0.15, 0.2) is 0 Å². The van der Waals surface area contributed by atoms with Crippen LogP contribution in [-0.4, -0.2) is 28.7 Å². The molecule has 5 nitrogen and oxygen atoms in total. The standard InChI is InChI=1S/C14H22N2O3/c1-4-14(5-2,10-17)9-15-13(19)11-6-7-12(18)16(3)8-11/h6-8,17H,4-5,9-10H2,1-3H3,(H,15,19). The number of aliphatic hydroxyl groups excluding tert-OH is 1. The van der Waals surface area contributed by atoms with Gasteiger partial charge in [0.05, 0.1) is 12.2 Å². The Bertz CT molecular complexity index is 481. The van der Waals surface area contributed by atoms with E-state index in [2.05, 4.69) is 5.32 Å². The van der Waals surface area contributed by atoms with Crippen molar-refractivity contribution in [3.8, 4) is 0 Å². The number of aliphatic hydroxyl groups is 1. The summed E-state index contributed by atoms with van der Waals surface area (Å²) in [5.41, 5.74) is 0.0283. The lowest BCUT2D eigenvalue weighted by molar-refractivity contribution is 0.0850. The monoisotopic (exact) mass is 266 g/mol. The number of nitrogens with one attached hydrogen (secondary N) is 1. The average molecular weight is 266 g/mol. The molecule has 0 aromatic carbocycles. The van der Waals surface area contributed by atoms with E-state index in [0.29, 0.717) is 12.1 Å². The molecule has 0 aliphatic carbocycles. The summed E-state index contributed by atoms with van der Waals surface area (Å²) in [6, 6.07) is 2.88. The first-order chi connectivity index (χ1) is 8.98. The maximum Gasteiger partial charge on any atom is 0.252 e. The predicted octanol–water partition coefficient (Wildman–Crippen LogP) is 0.914. The lowest BCUT2D eigenvalue weighted by Gasteiger charge is -2.29. The van der Waals surface area contributed by atoms with Gasteiger partial charge in [0.2, 0.25) is 5.56 Å². The van der Waals surface area contributed by atoms with Crippen LogP contribution < -0.4 is 10.9 Å². The number of pyridine rings is 1. The Balaban J connectivity index is 2.74. The van der Waals surface area contributed by atoms with E-state index in [0.717, 1.165) is 12.8 Å². The van der Waals surface area contributed by atoms with Crippen LogP contribution in [0.25, 0.3) is 0 Å². The summed E-state index contributed by atoms with van der Waals surface area (Å²) in [6.45, 7) is 4.47. The molecule has 0 bridgehead atoms. The summed E-state index contributed by atoms with van der Waals surface area (Å²) in [4.78, 5) is 23.2. The first-order valence-corrected chi connectivity index (χ1v) is 6.53. The van der Waals surface area contributed by atoms with E-state index < -0.39 is 0 Å². The van der Waals surface area contributed by atoms with Crippen LogP contribution in [0.1, 0.15) is 37.0 Å². The minimum atomic E-state index is -0.268. The number of hydrogen-bond acceptors (Lipinski definition) is 3. The summed E-state index contributed by atoms with van der Waals surface area (Å²) in [5, 5.41) is 12.3. The summed E-state index contributed by atoms with van der Waals surface area (Å²) >= 11 is 0. The number of carbonyl (C=O) groups excluding carboxylic acids is 1. The van der Waals surface area contributed by atoms with Crippen molar-refractivity contribution in [2.75, 3.05) is 13.2 Å². The number of hydrogen-bond donors (Lipinski definition) is 2. The summed E-state index contributed by atoms with van der Waals surface area (Å²) in [6.07, 6.45) is 3.11. The molecule has 2 N–H and O–H groups in total. The Hall–Kier alpha value is -1.62. The molecule has 0 spiro atoms. The Kier molecular flexibility index (Phi) is 5.30. The quantitative estimate of drug-likeness (QED) is 0.804. The van der Waals surface area contributed by atoms with Crippen molar-refractivity contribution in [2.45, 2.75) is 26.7 Å². The van der Waals surface area contributed by atoms with Crippen LogP contribution in [0.5, 0.6) is 0 Å². The van der Waals surface area contributed by atoms with E-state index in [1.165, 1.54) is 22.9 Å². The van der Waals surface area contributed by atoms with Gasteiger partial charge in [-0.15, -0.1) is 0 Å². The van der Waals surface area contributed by atoms with Gasteiger partial charge >= 0.3 is 0 Å². The van der Waals surface area contributed by atoms with Crippen LogP contribution in [0, 0.1) is 5.41 Å². The molecule has 0 atom stereocenters. The maximum atomic E-state index is 12.0. The number of rotatable bonds is 6. The first-order valence-electron chi connectivity index (χ1n) is 6.53. The van der Waals surface area contributed by atoms with E-state index >= 15 is 0 Å². The minimum absolute atomic E-state index is 0.0492. The Labute approximate surface area is 113 Å². The molecule has 1 heterocycles. The molecule has 1 rings (SSSR count). The second kappa shape index (κ2) is 6.52. The van der Waals surface area contributed by atoms with Crippen LogP contribution in [0.15, 0.2) is 23.1 Å². The Morgan fingerprint density at radius 3 is 2.47 bits per heavy atom. The SMILES string of the molecule is CCC(CC)(CO)CNC(=O)c1ccc(=O)n(C)c1. The lowest BCUT2D eigenvalue weighted by atomic mass is 9.83. The van der Waals surface area contributed by atoms with Gasteiger partial charge in [-0.25, -0.2) is 0 Å². The van der Waals surface area contributed by atoms with Gasteiger partial charge in [-0.1, -0.05) is 13.8 Å². The second-order valence-electron chi connectivity index (χ2n) is 4.91. The van der Waals surface area contributed by atoms with Crippen molar-refractivity contribution in [1.29, 1.82) is 0 Å². The topological polar surface area (TPSA) is 71.3 Å². The molecule has 0 fully saturated rings. The molecular weight excluding hydrogens is 244 g/mol. The van der Waals surface area contributed by atoms with E-state index in [1.807, 2.05) is 13.8 Å². The molecule has 1 amide bonds. The van der Waals surface area contributed by atoms with Gasteiger partial charge in [0.25, 0.3) is 5.91 Å². The summed E-state index contributed by atoms with van der Waals surface area (Å²) < 4.78 is 1.37. The first kappa shape index (κ1) is 15.4. The highest BCUT2D eigenvalue weighted by molar-refractivity contribution is 5.93. The van der Waals surface area contributed by atoms with Gasteiger partial charge in [0, 0.05) is 31.3 Å². The Morgan fingerprint density at radius 2 is 2.00 bits per heavy atom. The maximum absolute atomic E-state index is 12.0. The van der Waals surface area contributed by atoms with Crippen molar-refractivity contribution in [1.82, 2.24) is 9.88 Å². The zero-order valence-corrected chi connectivity index (χ0v) is 11.8. The normalized spacial score (nSPS) is 11.4. The van der Waals surface area contributed by atoms with Gasteiger partial charge in [-0.2, -0.15) is 0 Å². The molecule has 1 aromatic heterocycles. The van der Waals surface area contributed by atoms with E-state index in [9.17, 15) is 14.7 Å². The fourth-order valence-electron chi connectivity index (χ4n) is 1.88. The second-order valence-corrected chi connectivity index (χ2v) is 4.91. The van der Waals surface area contributed by atoms with Crippen LogP contribution >= 0.6 is 0 Å². The predicted molar refractivity (Wildman–Crippen MR) is 74.1 cm³/mol. The van der Waals surface area contributed by atoms with E-state index in [4.69, 9.17) is 0 Å². The van der Waals surface area contributed by atoms with E-state index in [-0.39, 0.29) is 23.5 Å². The fourth-order valence-corrected chi connectivity index (χ4v) is 1.88. The van der Waals surface area contributed by atoms with Crippen LogP contribution in [-0.2, 0) is 7.05 Å². The average Bonchev–Trinajstić information content (AvgIpc) is 2.43. The van der Waals surface area contributed by atoms with Gasteiger partial charge < -0.3 is 15.0 Å². The number of amides is 1. The number of aromatic nitrogens is 1. The third kappa shape index (κ3) is 3.67. The molecule has 1 aromatic rings. The molecule has 0 saturated carbocycles. The smallest absolute Gasteiger partial charge is 0.252 e. The molecule has 106 valence electrons.